The van der Waals surface area contributed by atoms with Crippen LogP contribution in [0.5, 0.6) is 11.5 Å². The molecule has 3 aromatic rings. The molecule has 154 valence electrons. The van der Waals surface area contributed by atoms with Crippen molar-refractivity contribution in [3.63, 3.8) is 0 Å². The number of benzene rings is 2. The fraction of sp³-hybridized carbons (Fsp3) is 0.280. The first-order valence-corrected chi connectivity index (χ1v) is 10.3. The molecule has 0 saturated carbocycles. The molecule has 0 saturated heterocycles. The summed E-state index contributed by atoms with van der Waals surface area (Å²) < 4.78 is 11.2. The minimum atomic E-state index is 0.0408. The first-order valence-electron chi connectivity index (χ1n) is 10.3. The Bertz CT molecular complexity index is 1060. The topological polar surface area (TPSA) is 60.5 Å². The van der Waals surface area contributed by atoms with Crippen molar-refractivity contribution < 1.29 is 14.3 Å². The lowest BCUT2D eigenvalue weighted by molar-refractivity contribution is 0.101. The van der Waals surface area contributed by atoms with Gasteiger partial charge in [-0.3, -0.25) is 9.78 Å². The summed E-state index contributed by atoms with van der Waals surface area (Å²) in [5.74, 6) is 1.49. The summed E-state index contributed by atoms with van der Waals surface area (Å²) >= 11 is 0. The third-order valence-corrected chi connectivity index (χ3v) is 5.39. The average molecular weight is 402 g/mol. The van der Waals surface area contributed by atoms with E-state index in [1.54, 1.807) is 26.3 Å². The van der Waals surface area contributed by atoms with E-state index in [4.69, 9.17) is 9.47 Å². The van der Waals surface area contributed by atoms with Crippen molar-refractivity contribution in [1.29, 1.82) is 0 Å². The number of nitrogens with one attached hydrogen (secondary N) is 1. The van der Waals surface area contributed by atoms with Crippen molar-refractivity contribution in [3.05, 3.63) is 71.5 Å². The van der Waals surface area contributed by atoms with Crippen molar-refractivity contribution >= 4 is 11.5 Å². The van der Waals surface area contributed by atoms with Crippen LogP contribution in [0, 0.1) is 0 Å². The van der Waals surface area contributed by atoms with Gasteiger partial charge in [0.1, 0.15) is 18.1 Å². The predicted molar refractivity (Wildman–Crippen MR) is 118 cm³/mol. The minimum absolute atomic E-state index is 0.0408. The molecule has 1 aliphatic heterocycles. The summed E-state index contributed by atoms with van der Waals surface area (Å²) in [5, 5.41) is 3.49. The highest BCUT2D eigenvalue weighted by molar-refractivity contribution is 6.01. The number of anilines is 1. The number of hydrogen-bond donors (Lipinski definition) is 1. The molecule has 0 fully saturated rings. The lowest BCUT2D eigenvalue weighted by Gasteiger charge is -2.14. The second kappa shape index (κ2) is 8.99. The van der Waals surface area contributed by atoms with Gasteiger partial charge in [0.05, 0.1) is 12.8 Å². The van der Waals surface area contributed by atoms with Crippen LogP contribution in [-0.2, 0) is 13.0 Å². The van der Waals surface area contributed by atoms with Crippen LogP contribution >= 0.6 is 0 Å². The molecule has 30 heavy (non-hydrogen) atoms. The summed E-state index contributed by atoms with van der Waals surface area (Å²) in [6, 6.07) is 15.7. The molecule has 0 aliphatic carbocycles. The van der Waals surface area contributed by atoms with Crippen LogP contribution in [0.25, 0.3) is 11.1 Å². The van der Waals surface area contributed by atoms with Crippen molar-refractivity contribution in [1.82, 2.24) is 4.98 Å². The van der Waals surface area contributed by atoms with E-state index in [-0.39, 0.29) is 5.78 Å². The number of aromatic nitrogens is 1. The normalized spacial score (nSPS) is 13.0. The molecule has 0 amide bonds. The zero-order valence-electron chi connectivity index (χ0n) is 17.4. The Hall–Kier alpha value is -3.34. The summed E-state index contributed by atoms with van der Waals surface area (Å²) in [6.07, 6.45) is 5.08. The fourth-order valence-electron chi connectivity index (χ4n) is 3.78. The van der Waals surface area contributed by atoms with E-state index in [1.165, 1.54) is 24.1 Å². The Morgan fingerprint density at radius 3 is 2.80 bits per heavy atom. The first kappa shape index (κ1) is 20.0. The molecule has 0 unspecified atom stereocenters. The number of carbonyl (C=O) groups is 1. The van der Waals surface area contributed by atoms with E-state index < -0.39 is 0 Å². The SMILES string of the molecule is COc1ccnc(COc2ccc(C(C)=O)c(-c3ccc4c(c3)CCCCN4)c2)c1. The second-order valence-electron chi connectivity index (χ2n) is 7.50. The molecule has 5 nitrogen and oxygen atoms in total. The maximum atomic E-state index is 12.3. The van der Waals surface area contributed by atoms with Gasteiger partial charge in [-0.15, -0.1) is 0 Å². The molecule has 5 heteroatoms. The zero-order valence-corrected chi connectivity index (χ0v) is 17.4. The molecular weight excluding hydrogens is 376 g/mol. The molecule has 1 aliphatic rings. The molecule has 0 radical (unpaired) electrons. The van der Waals surface area contributed by atoms with Crippen molar-refractivity contribution in [2.75, 3.05) is 19.0 Å². The molecule has 4 rings (SSSR count). The van der Waals surface area contributed by atoms with Crippen LogP contribution in [0.15, 0.2) is 54.7 Å². The van der Waals surface area contributed by atoms with Gasteiger partial charge < -0.3 is 14.8 Å². The van der Waals surface area contributed by atoms with Gasteiger partial charge in [-0.05, 0) is 79.3 Å². The summed E-state index contributed by atoms with van der Waals surface area (Å²) in [7, 11) is 1.63. The fourth-order valence-corrected chi connectivity index (χ4v) is 3.78. The Morgan fingerprint density at radius 1 is 1.07 bits per heavy atom. The predicted octanol–water partition coefficient (Wildman–Crippen LogP) is 5.29. The zero-order chi connectivity index (χ0) is 20.9. The van der Waals surface area contributed by atoms with Crippen molar-refractivity contribution in [2.24, 2.45) is 0 Å². The highest BCUT2D eigenvalue weighted by atomic mass is 16.5. The average Bonchev–Trinajstić information content (AvgIpc) is 3.02. The molecule has 0 atom stereocenters. The molecule has 1 N–H and O–H groups in total. The van der Waals surface area contributed by atoms with Crippen LogP contribution in [-0.4, -0.2) is 24.4 Å². The Balaban J connectivity index is 1.63. The van der Waals surface area contributed by atoms with Crippen LogP contribution in [0.2, 0.25) is 0 Å². The third kappa shape index (κ3) is 4.46. The van der Waals surface area contributed by atoms with Gasteiger partial charge in [-0.1, -0.05) is 6.07 Å². The van der Waals surface area contributed by atoms with Crippen LogP contribution in [0.1, 0.15) is 41.4 Å². The minimum Gasteiger partial charge on any atom is -0.497 e. The monoisotopic (exact) mass is 402 g/mol. The number of pyridine rings is 1. The van der Waals surface area contributed by atoms with Gasteiger partial charge in [0.2, 0.25) is 0 Å². The largest absolute Gasteiger partial charge is 0.497 e. The van der Waals surface area contributed by atoms with Crippen LogP contribution in [0.3, 0.4) is 0 Å². The van der Waals surface area contributed by atoms with Gasteiger partial charge >= 0.3 is 0 Å². The summed E-state index contributed by atoms with van der Waals surface area (Å²) in [5.41, 5.74) is 5.90. The Labute approximate surface area is 177 Å². The number of Topliss-reactive ketones (excluding diaryl/α,β-unsaturated/α-hetero) is 1. The number of carbonyl (C=O) groups excluding carboxylic acids is 1. The van der Waals surface area contributed by atoms with Gasteiger partial charge in [-0.2, -0.15) is 0 Å². The highest BCUT2D eigenvalue weighted by Crippen LogP contribution is 2.33. The van der Waals surface area contributed by atoms with E-state index in [0.29, 0.717) is 17.9 Å². The van der Waals surface area contributed by atoms with Gasteiger partial charge in [0.15, 0.2) is 5.78 Å². The Kier molecular flexibility index (Phi) is 5.98. The smallest absolute Gasteiger partial charge is 0.160 e. The number of fused-ring (bicyclic) bond motifs is 1. The summed E-state index contributed by atoms with van der Waals surface area (Å²) in [4.78, 5) is 16.6. The maximum Gasteiger partial charge on any atom is 0.160 e. The van der Waals surface area contributed by atoms with E-state index >= 15 is 0 Å². The quantitative estimate of drug-likeness (QED) is 0.568. The third-order valence-electron chi connectivity index (χ3n) is 5.39. The standard InChI is InChI=1S/C25H26N2O3/c1-17(28)23-8-7-22(30-16-20-14-21(29-2)10-12-26-20)15-24(23)18-6-9-25-19(13-18)5-3-4-11-27-25/h6-10,12-15,27H,3-5,11,16H2,1-2H3. The van der Waals surface area contributed by atoms with Crippen LogP contribution < -0.4 is 14.8 Å². The highest BCUT2D eigenvalue weighted by Gasteiger charge is 2.14. The first-order chi connectivity index (χ1) is 14.6. The molecule has 1 aromatic heterocycles. The number of rotatable bonds is 6. The number of ketones is 1. The van der Waals surface area contributed by atoms with E-state index in [0.717, 1.165) is 35.5 Å². The van der Waals surface area contributed by atoms with E-state index in [1.807, 2.05) is 24.3 Å². The van der Waals surface area contributed by atoms with E-state index in [2.05, 4.69) is 28.5 Å². The molecule has 2 aromatic carbocycles. The molecular formula is C25H26N2O3. The number of methoxy groups -OCH3 is 1. The van der Waals surface area contributed by atoms with Gasteiger partial charge in [0, 0.05) is 30.1 Å². The van der Waals surface area contributed by atoms with Crippen molar-refractivity contribution in [3.8, 4) is 22.6 Å². The van der Waals surface area contributed by atoms with Gasteiger partial charge in [-0.25, -0.2) is 0 Å². The van der Waals surface area contributed by atoms with Gasteiger partial charge in [0.25, 0.3) is 0 Å². The number of nitrogens with zero attached hydrogens (tertiary/aromatic N) is 1. The Morgan fingerprint density at radius 2 is 1.97 bits per heavy atom. The second-order valence-corrected chi connectivity index (χ2v) is 7.50. The van der Waals surface area contributed by atoms with E-state index in [9.17, 15) is 4.79 Å². The lowest BCUT2D eigenvalue weighted by atomic mass is 9.94. The number of hydrogen-bond acceptors (Lipinski definition) is 5. The molecule has 0 spiro atoms. The summed E-state index contributed by atoms with van der Waals surface area (Å²) in [6.45, 7) is 2.93. The van der Waals surface area contributed by atoms with Crippen molar-refractivity contribution in [2.45, 2.75) is 32.8 Å². The molecule has 0 bridgehead atoms. The number of ether oxygens (including phenoxy) is 2. The maximum absolute atomic E-state index is 12.3. The molecule has 2 heterocycles. The lowest BCUT2D eigenvalue weighted by Crippen LogP contribution is -2.02. The number of aryl methyl sites for hydroxylation is 1. The van der Waals surface area contributed by atoms with Crippen LogP contribution in [0.4, 0.5) is 5.69 Å².